The van der Waals surface area contributed by atoms with E-state index in [1.807, 2.05) is 72.8 Å². The zero-order chi connectivity index (χ0) is 20.0. The summed E-state index contributed by atoms with van der Waals surface area (Å²) in [6.45, 7) is 4.97. The molecule has 3 nitrogen and oxygen atoms in total. The van der Waals surface area contributed by atoms with Crippen LogP contribution in [0.25, 0.3) is 0 Å². The molecule has 0 radical (unpaired) electrons. The van der Waals surface area contributed by atoms with Crippen LogP contribution < -0.4 is 0 Å². The molecule has 1 atom stereocenters. The van der Waals surface area contributed by atoms with Gasteiger partial charge >= 0.3 is 0 Å². The van der Waals surface area contributed by atoms with Crippen molar-refractivity contribution in [1.29, 1.82) is 0 Å². The Morgan fingerprint density at radius 3 is 1.64 bits per heavy atom. The summed E-state index contributed by atoms with van der Waals surface area (Å²) < 4.78 is 28.4. The number of hydrogen-bond acceptors (Lipinski definition) is 2. The number of benzene rings is 3. The van der Waals surface area contributed by atoms with E-state index >= 15 is 0 Å². The SMILES string of the molecule is CCC(C)c1ccc(S(=O)(=O)N(Cc2ccccc2)Cc2ccccc2)cc1. The Morgan fingerprint density at radius 1 is 0.750 bits per heavy atom. The van der Waals surface area contributed by atoms with Crippen molar-refractivity contribution in [2.45, 2.75) is 44.2 Å². The van der Waals surface area contributed by atoms with Crippen LogP contribution in [-0.2, 0) is 23.1 Å². The lowest BCUT2D eigenvalue weighted by molar-refractivity contribution is 0.401. The van der Waals surface area contributed by atoms with E-state index in [9.17, 15) is 8.42 Å². The van der Waals surface area contributed by atoms with Crippen molar-refractivity contribution in [3.05, 3.63) is 102 Å². The van der Waals surface area contributed by atoms with Gasteiger partial charge in [0.25, 0.3) is 0 Å². The van der Waals surface area contributed by atoms with Crippen molar-refractivity contribution in [3.63, 3.8) is 0 Å². The van der Waals surface area contributed by atoms with Crippen LogP contribution in [0.1, 0.15) is 42.9 Å². The van der Waals surface area contributed by atoms with Gasteiger partial charge in [-0.25, -0.2) is 8.42 Å². The van der Waals surface area contributed by atoms with Crippen LogP contribution in [0, 0.1) is 0 Å². The quantitative estimate of drug-likeness (QED) is 0.500. The van der Waals surface area contributed by atoms with E-state index in [-0.39, 0.29) is 0 Å². The summed E-state index contributed by atoms with van der Waals surface area (Å²) >= 11 is 0. The maximum Gasteiger partial charge on any atom is 0.243 e. The molecule has 0 amide bonds. The van der Waals surface area contributed by atoms with Crippen molar-refractivity contribution < 1.29 is 8.42 Å². The van der Waals surface area contributed by atoms with Gasteiger partial charge in [-0.3, -0.25) is 0 Å². The molecule has 3 rings (SSSR count). The van der Waals surface area contributed by atoms with Crippen molar-refractivity contribution in [2.24, 2.45) is 0 Å². The minimum Gasteiger partial charge on any atom is -0.207 e. The Labute approximate surface area is 168 Å². The topological polar surface area (TPSA) is 37.4 Å². The van der Waals surface area contributed by atoms with E-state index in [1.54, 1.807) is 16.4 Å². The molecule has 0 saturated heterocycles. The minimum absolute atomic E-state index is 0.338. The van der Waals surface area contributed by atoms with Gasteiger partial charge in [-0.05, 0) is 41.2 Å². The van der Waals surface area contributed by atoms with Crippen molar-refractivity contribution in [3.8, 4) is 0 Å². The van der Waals surface area contributed by atoms with E-state index in [4.69, 9.17) is 0 Å². The van der Waals surface area contributed by atoms with Gasteiger partial charge in [0, 0.05) is 13.1 Å². The summed E-state index contributed by atoms with van der Waals surface area (Å²) in [5.74, 6) is 0.418. The number of rotatable bonds is 8. The molecule has 1 unspecified atom stereocenters. The molecule has 0 bridgehead atoms. The molecular formula is C24H27NO2S. The average Bonchev–Trinajstić information content (AvgIpc) is 2.74. The molecule has 0 spiro atoms. The molecule has 0 aromatic heterocycles. The van der Waals surface area contributed by atoms with Gasteiger partial charge in [0.05, 0.1) is 4.90 Å². The smallest absolute Gasteiger partial charge is 0.207 e. The fourth-order valence-electron chi connectivity index (χ4n) is 3.15. The third kappa shape index (κ3) is 4.89. The third-order valence-corrected chi connectivity index (χ3v) is 6.91. The lowest BCUT2D eigenvalue weighted by atomic mass is 9.99. The van der Waals surface area contributed by atoms with Gasteiger partial charge < -0.3 is 0 Å². The minimum atomic E-state index is -3.61. The van der Waals surface area contributed by atoms with Crippen LogP contribution in [0.15, 0.2) is 89.8 Å². The van der Waals surface area contributed by atoms with Crippen LogP contribution in [0.5, 0.6) is 0 Å². The highest BCUT2D eigenvalue weighted by Gasteiger charge is 2.25. The highest BCUT2D eigenvalue weighted by Crippen LogP contribution is 2.24. The zero-order valence-corrected chi connectivity index (χ0v) is 17.3. The lowest BCUT2D eigenvalue weighted by Crippen LogP contribution is -2.30. The largest absolute Gasteiger partial charge is 0.243 e. The van der Waals surface area contributed by atoms with Gasteiger partial charge in [-0.2, -0.15) is 4.31 Å². The number of sulfonamides is 1. The fourth-order valence-corrected chi connectivity index (χ4v) is 4.57. The summed E-state index contributed by atoms with van der Waals surface area (Å²) in [5, 5.41) is 0. The standard InChI is InChI=1S/C24H27NO2S/c1-3-20(2)23-14-16-24(17-15-23)28(26,27)25(18-21-10-6-4-7-11-21)19-22-12-8-5-9-13-22/h4-17,20H,3,18-19H2,1-2H3. The van der Waals surface area contributed by atoms with E-state index in [2.05, 4.69) is 13.8 Å². The van der Waals surface area contributed by atoms with Crippen molar-refractivity contribution >= 4 is 10.0 Å². The van der Waals surface area contributed by atoms with E-state index < -0.39 is 10.0 Å². The molecule has 0 aliphatic carbocycles. The van der Waals surface area contributed by atoms with Gasteiger partial charge in [-0.15, -0.1) is 0 Å². The van der Waals surface area contributed by atoms with Gasteiger partial charge in [0.15, 0.2) is 0 Å². The third-order valence-electron chi connectivity index (χ3n) is 5.10. The van der Waals surface area contributed by atoms with Crippen LogP contribution >= 0.6 is 0 Å². The Hall–Kier alpha value is -2.43. The molecule has 0 fully saturated rings. The second kappa shape index (κ2) is 9.18. The normalized spacial score (nSPS) is 12.8. The molecule has 0 aliphatic rings. The predicted octanol–water partition coefficient (Wildman–Crippen LogP) is 5.59. The first-order valence-corrected chi connectivity index (χ1v) is 11.1. The molecule has 0 saturated carbocycles. The Kier molecular flexibility index (Phi) is 6.65. The molecule has 28 heavy (non-hydrogen) atoms. The first-order valence-electron chi connectivity index (χ1n) is 9.68. The molecule has 0 aliphatic heterocycles. The van der Waals surface area contributed by atoms with Gasteiger partial charge in [0.1, 0.15) is 0 Å². The molecule has 3 aromatic carbocycles. The van der Waals surface area contributed by atoms with Crippen molar-refractivity contribution in [2.75, 3.05) is 0 Å². The molecule has 146 valence electrons. The Balaban J connectivity index is 1.92. The second-order valence-corrected chi connectivity index (χ2v) is 9.06. The number of nitrogens with zero attached hydrogens (tertiary/aromatic N) is 1. The van der Waals surface area contributed by atoms with E-state index in [0.29, 0.717) is 23.9 Å². The lowest BCUT2D eigenvalue weighted by Gasteiger charge is -2.23. The highest BCUT2D eigenvalue weighted by molar-refractivity contribution is 7.89. The predicted molar refractivity (Wildman–Crippen MR) is 114 cm³/mol. The maximum absolute atomic E-state index is 13.4. The molecule has 0 heterocycles. The Bertz CT molecular complexity index is 927. The van der Waals surface area contributed by atoms with Crippen LogP contribution in [0.2, 0.25) is 0 Å². The molecule has 0 N–H and O–H groups in total. The van der Waals surface area contributed by atoms with Crippen LogP contribution in [0.4, 0.5) is 0 Å². The summed E-state index contributed by atoms with van der Waals surface area (Å²) in [4.78, 5) is 0.339. The fraction of sp³-hybridized carbons (Fsp3) is 0.250. The van der Waals surface area contributed by atoms with Crippen molar-refractivity contribution in [1.82, 2.24) is 4.31 Å². The van der Waals surface area contributed by atoms with Gasteiger partial charge in [-0.1, -0.05) is 86.6 Å². The summed E-state index contributed by atoms with van der Waals surface area (Å²) in [5.41, 5.74) is 3.11. The summed E-state index contributed by atoms with van der Waals surface area (Å²) in [6.07, 6.45) is 1.03. The van der Waals surface area contributed by atoms with Gasteiger partial charge in [0.2, 0.25) is 10.0 Å². The van der Waals surface area contributed by atoms with Crippen LogP contribution in [-0.4, -0.2) is 12.7 Å². The first-order chi connectivity index (χ1) is 13.5. The van der Waals surface area contributed by atoms with Crippen LogP contribution in [0.3, 0.4) is 0 Å². The second-order valence-electron chi connectivity index (χ2n) is 7.12. The van der Waals surface area contributed by atoms with E-state index in [1.165, 1.54) is 5.56 Å². The maximum atomic E-state index is 13.4. The monoisotopic (exact) mass is 393 g/mol. The zero-order valence-electron chi connectivity index (χ0n) is 16.5. The summed E-state index contributed by atoms with van der Waals surface area (Å²) in [7, 11) is -3.61. The highest BCUT2D eigenvalue weighted by atomic mass is 32.2. The number of hydrogen-bond donors (Lipinski definition) is 0. The first kappa shape index (κ1) is 20.3. The Morgan fingerprint density at radius 2 is 1.21 bits per heavy atom. The molecule has 4 heteroatoms. The average molecular weight is 394 g/mol. The summed E-state index contributed by atoms with van der Waals surface area (Å²) in [6, 6.07) is 26.8. The molecular weight excluding hydrogens is 366 g/mol. The molecule has 3 aromatic rings. The van der Waals surface area contributed by atoms with E-state index in [0.717, 1.165) is 17.5 Å².